The van der Waals surface area contributed by atoms with Crippen molar-refractivity contribution in [2.45, 2.75) is 38.6 Å². The van der Waals surface area contributed by atoms with Crippen LogP contribution in [0.15, 0.2) is 65.9 Å². The largest absolute Gasteiger partial charge is 0.493 e. The minimum atomic E-state index is -0.197. The lowest BCUT2D eigenvalue weighted by Crippen LogP contribution is -2.28. The zero-order chi connectivity index (χ0) is 34.4. The standard InChI is InChI=1S/C37H44N6O5/c1-25-17-34(47-6)35(20-31(25)38-21-30-10-7-15-43(30)24-44)48-16-8-9-26-18-32(41(4)22-26)36(45)39-29-13-11-27(12-14-29)28-19-33(42(5)23-28)37(46)40(2)3/h11-14,17-24,30H,7-10,15-16H2,1-6H3,(H,39,45)/b38-21-. The van der Waals surface area contributed by atoms with E-state index < -0.39 is 0 Å². The number of anilines is 1. The maximum atomic E-state index is 13.2. The molecule has 0 aliphatic carbocycles. The predicted octanol–water partition coefficient (Wildman–Crippen LogP) is 5.64. The number of aliphatic imine (C=N–C) groups is 1. The van der Waals surface area contributed by atoms with Crippen LogP contribution >= 0.6 is 0 Å². The van der Waals surface area contributed by atoms with Crippen LogP contribution in [0.5, 0.6) is 11.5 Å². The molecule has 2 aromatic carbocycles. The third-order valence-electron chi connectivity index (χ3n) is 8.61. The summed E-state index contributed by atoms with van der Waals surface area (Å²) in [6.45, 7) is 3.19. The summed E-state index contributed by atoms with van der Waals surface area (Å²) in [7, 11) is 8.79. The van der Waals surface area contributed by atoms with Crippen LogP contribution in [0.3, 0.4) is 0 Å². The highest BCUT2D eigenvalue weighted by Gasteiger charge is 2.21. The average Bonchev–Trinajstić information content (AvgIpc) is 3.80. The van der Waals surface area contributed by atoms with Crippen molar-refractivity contribution in [1.82, 2.24) is 18.9 Å². The van der Waals surface area contributed by atoms with Crippen molar-refractivity contribution >= 4 is 35.8 Å². The van der Waals surface area contributed by atoms with Gasteiger partial charge in [-0.05, 0) is 79.6 Å². The van der Waals surface area contributed by atoms with Gasteiger partial charge in [0.1, 0.15) is 11.4 Å². The van der Waals surface area contributed by atoms with Crippen molar-refractivity contribution in [3.8, 4) is 22.6 Å². The first-order valence-electron chi connectivity index (χ1n) is 16.1. The molecule has 1 atom stereocenters. The van der Waals surface area contributed by atoms with Gasteiger partial charge in [0.15, 0.2) is 11.5 Å². The third-order valence-corrected chi connectivity index (χ3v) is 8.61. The summed E-state index contributed by atoms with van der Waals surface area (Å²) in [5.74, 6) is 0.999. The summed E-state index contributed by atoms with van der Waals surface area (Å²) in [6, 6.07) is 15.2. The normalized spacial score (nSPS) is 14.4. The van der Waals surface area contributed by atoms with Crippen molar-refractivity contribution in [2.75, 3.05) is 39.7 Å². The minimum Gasteiger partial charge on any atom is -0.493 e. The van der Waals surface area contributed by atoms with Gasteiger partial charge in [0.25, 0.3) is 11.8 Å². The molecule has 1 aliphatic rings. The smallest absolute Gasteiger partial charge is 0.272 e. The number of methoxy groups -OCH3 is 1. The lowest BCUT2D eigenvalue weighted by Gasteiger charge is -2.16. The molecule has 252 valence electrons. The number of nitrogens with zero attached hydrogens (tertiary/aromatic N) is 5. The zero-order valence-electron chi connectivity index (χ0n) is 28.5. The summed E-state index contributed by atoms with van der Waals surface area (Å²) >= 11 is 0. The summed E-state index contributed by atoms with van der Waals surface area (Å²) < 4.78 is 15.3. The predicted molar refractivity (Wildman–Crippen MR) is 188 cm³/mol. The molecule has 1 N–H and O–H groups in total. The van der Waals surface area contributed by atoms with Gasteiger partial charge in [-0.1, -0.05) is 12.1 Å². The molecule has 2 aromatic heterocycles. The minimum absolute atomic E-state index is 0.0160. The van der Waals surface area contributed by atoms with Gasteiger partial charge in [0, 0.05) is 70.7 Å². The molecule has 48 heavy (non-hydrogen) atoms. The number of aromatic nitrogens is 2. The van der Waals surface area contributed by atoms with E-state index in [9.17, 15) is 14.4 Å². The summed E-state index contributed by atoms with van der Waals surface area (Å²) in [6.07, 6.45) is 9.97. The molecule has 1 saturated heterocycles. The van der Waals surface area contributed by atoms with Crippen LogP contribution in [0.25, 0.3) is 11.1 Å². The van der Waals surface area contributed by atoms with Crippen molar-refractivity contribution < 1.29 is 23.9 Å². The highest BCUT2D eigenvalue weighted by Crippen LogP contribution is 2.35. The van der Waals surface area contributed by atoms with Crippen LogP contribution in [0.4, 0.5) is 11.4 Å². The molecule has 11 heteroatoms. The molecule has 1 unspecified atom stereocenters. The molecule has 0 radical (unpaired) electrons. The highest BCUT2D eigenvalue weighted by molar-refractivity contribution is 6.03. The molecule has 3 amide bonds. The Morgan fingerprint density at radius 2 is 1.75 bits per heavy atom. The van der Waals surface area contributed by atoms with E-state index in [1.807, 2.05) is 97.3 Å². The van der Waals surface area contributed by atoms with Gasteiger partial charge < -0.3 is 33.7 Å². The topological polar surface area (TPSA) is 110 Å². The number of carbonyl (C=O) groups excluding carboxylic acids is 3. The van der Waals surface area contributed by atoms with Gasteiger partial charge in [-0.25, -0.2) is 0 Å². The second kappa shape index (κ2) is 15.1. The van der Waals surface area contributed by atoms with Crippen molar-refractivity contribution in [1.29, 1.82) is 0 Å². The summed E-state index contributed by atoms with van der Waals surface area (Å²) in [4.78, 5) is 44.9. The van der Waals surface area contributed by atoms with E-state index in [4.69, 9.17) is 9.47 Å². The fraction of sp³-hybridized carbons (Fsp3) is 0.351. The number of benzene rings is 2. The number of nitrogens with one attached hydrogen (secondary N) is 1. The molecule has 3 heterocycles. The maximum absolute atomic E-state index is 13.2. The number of hydrogen-bond donors (Lipinski definition) is 1. The molecular formula is C37H44N6O5. The lowest BCUT2D eigenvalue weighted by molar-refractivity contribution is -0.117. The molecule has 1 fully saturated rings. The average molecular weight is 653 g/mol. The Labute approximate surface area is 281 Å². The van der Waals surface area contributed by atoms with Crippen molar-refractivity contribution in [3.05, 3.63) is 83.4 Å². The Kier molecular flexibility index (Phi) is 10.7. The number of hydrogen-bond acceptors (Lipinski definition) is 6. The van der Waals surface area contributed by atoms with Crippen molar-refractivity contribution in [3.63, 3.8) is 0 Å². The van der Waals surface area contributed by atoms with Gasteiger partial charge in [-0.3, -0.25) is 19.4 Å². The Morgan fingerprint density at radius 1 is 1.00 bits per heavy atom. The molecule has 5 rings (SSSR count). The van der Waals surface area contributed by atoms with E-state index in [-0.39, 0.29) is 17.9 Å². The number of aryl methyl sites for hydroxylation is 4. The lowest BCUT2D eigenvalue weighted by atomic mass is 10.1. The van der Waals surface area contributed by atoms with Gasteiger partial charge >= 0.3 is 0 Å². The van der Waals surface area contributed by atoms with Crippen LogP contribution in [0.2, 0.25) is 0 Å². The summed E-state index contributed by atoms with van der Waals surface area (Å²) in [5.41, 5.74) is 6.50. The van der Waals surface area contributed by atoms with Crippen LogP contribution in [-0.2, 0) is 25.3 Å². The molecule has 0 bridgehead atoms. The number of ether oxygens (including phenoxy) is 2. The van der Waals surface area contributed by atoms with E-state index in [0.717, 1.165) is 66.6 Å². The maximum Gasteiger partial charge on any atom is 0.272 e. The Morgan fingerprint density at radius 3 is 2.46 bits per heavy atom. The monoisotopic (exact) mass is 652 g/mol. The summed E-state index contributed by atoms with van der Waals surface area (Å²) in [5, 5.41) is 2.99. The highest BCUT2D eigenvalue weighted by atomic mass is 16.5. The van der Waals surface area contributed by atoms with Crippen LogP contribution in [0, 0.1) is 6.92 Å². The van der Waals surface area contributed by atoms with Gasteiger partial charge in [-0.2, -0.15) is 0 Å². The van der Waals surface area contributed by atoms with E-state index in [0.29, 0.717) is 35.2 Å². The number of amides is 3. The Hall–Kier alpha value is -5.32. The van der Waals surface area contributed by atoms with E-state index in [1.54, 1.807) is 31.0 Å². The van der Waals surface area contributed by atoms with Crippen molar-refractivity contribution in [2.24, 2.45) is 19.1 Å². The van der Waals surface area contributed by atoms with Gasteiger partial charge in [-0.15, -0.1) is 0 Å². The Balaban J connectivity index is 1.16. The Bertz CT molecular complexity index is 1800. The molecular weight excluding hydrogens is 608 g/mol. The first-order valence-corrected chi connectivity index (χ1v) is 16.1. The number of rotatable bonds is 13. The molecule has 0 saturated carbocycles. The molecule has 4 aromatic rings. The van der Waals surface area contributed by atoms with Crippen LogP contribution < -0.4 is 14.8 Å². The first kappa shape index (κ1) is 34.0. The fourth-order valence-electron chi connectivity index (χ4n) is 5.89. The SMILES string of the molecule is COc1cc(C)c(/N=C\C2CCCN2C=O)cc1OCCCc1cc(C(=O)Nc2ccc(-c3cc(C(=O)N(C)C)n(C)c3)cc2)n(C)c1. The number of carbonyl (C=O) groups is 3. The van der Waals surface area contributed by atoms with E-state index in [1.165, 1.54) is 0 Å². The second-order valence-electron chi connectivity index (χ2n) is 12.4. The third kappa shape index (κ3) is 7.79. The van der Waals surface area contributed by atoms with E-state index in [2.05, 4.69) is 10.3 Å². The first-order chi connectivity index (χ1) is 23.1. The number of likely N-dealkylation sites (tertiary alicyclic amines) is 1. The fourth-order valence-corrected chi connectivity index (χ4v) is 5.89. The second-order valence-corrected chi connectivity index (χ2v) is 12.4. The van der Waals surface area contributed by atoms with Crippen LogP contribution in [0.1, 0.15) is 51.4 Å². The molecule has 11 nitrogen and oxygen atoms in total. The van der Waals surface area contributed by atoms with Crippen LogP contribution in [-0.4, -0.2) is 83.8 Å². The van der Waals surface area contributed by atoms with Gasteiger partial charge in [0.05, 0.1) is 25.4 Å². The molecule has 1 aliphatic heterocycles. The molecule has 0 spiro atoms. The quantitative estimate of drug-likeness (QED) is 0.114. The van der Waals surface area contributed by atoms with E-state index >= 15 is 0 Å². The van der Waals surface area contributed by atoms with Gasteiger partial charge in [0.2, 0.25) is 6.41 Å². The zero-order valence-corrected chi connectivity index (χ0v) is 28.5.